The van der Waals surface area contributed by atoms with Crippen molar-refractivity contribution in [2.24, 2.45) is 0 Å². The van der Waals surface area contributed by atoms with Gasteiger partial charge in [0.1, 0.15) is 11.0 Å². The summed E-state index contributed by atoms with van der Waals surface area (Å²) in [6, 6.07) is 5.06. The Morgan fingerprint density at radius 1 is 1.21 bits per heavy atom. The highest BCUT2D eigenvalue weighted by Gasteiger charge is 2.30. The van der Waals surface area contributed by atoms with Crippen molar-refractivity contribution in [1.82, 2.24) is 19.3 Å². The van der Waals surface area contributed by atoms with Gasteiger partial charge in [-0.05, 0) is 25.0 Å². The van der Waals surface area contributed by atoms with Crippen molar-refractivity contribution in [3.63, 3.8) is 0 Å². The van der Waals surface area contributed by atoms with Gasteiger partial charge in [-0.25, -0.2) is 13.4 Å². The van der Waals surface area contributed by atoms with E-state index in [0.29, 0.717) is 31.8 Å². The molecule has 1 aliphatic rings. The first-order chi connectivity index (χ1) is 11.6. The normalized spacial score (nSPS) is 16.7. The van der Waals surface area contributed by atoms with Crippen LogP contribution < -0.4 is 9.47 Å². The van der Waals surface area contributed by atoms with Gasteiger partial charge in [0.2, 0.25) is 15.9 Å². The molecule has 0 aromatic carbocycles. The Morgan fingerprint density at radius 3 is 2.67 bits per heavy atom. The van der Waals surface area contributed by atoms with Gasteiger partial charge in [0, 0.05) is 37.7 Å². The summed E-state index contributed by atoms with van der Waals surface area (Å²) < 4.78 is 37.3. The van der Waals surface area contributed by atoms with Gasteiger partial charge in [0.15, 0.2) is 0 Å². The van der Waals surface area contributed by atoms with Crippen molar-refractivity contribution in [3.05, 3.63) is 36.8 Å². The zero-order valence-electron chi connectivity index (χ0n) is 13.2. The number of ether oxygens (including phenoxy) is 2. The molecule has 2 aromatic rings. The lowest BCUT2D eigenvalue weighted by atomic mass is 10.1. The fourth-order valence-corrected chi connectivity index (χ4v) is 3.93. The summed E-state index contributed by atoms with van der Waals surface area (Å²) in [4.78, 5) is 12.1. The minimum absolute atomic E-state index is 0.0926. The van der Waals surface area contributed by atoms with Gasteiger partial charge >= 0.3 is 6.01 Å². The molecular formula is C15H18N4O4S. The SMILES string of the molecule is COc1nccc(OC2CCN(S(=O)(=O)c3cccnc3)CC2)n1. The fourth-order valence-electron chi connectivity index (χ4n) is 2.50. The predicted octanol–water partition coefficient (Wildman–Crippen LogP) is 1.11. The highest BCUT2D eigenvalue weighted by atomic mass is 32.2. The van der Waals surface area contributed by atoms with Crippen molar-refractivity contribution in [2.75, 3.05) is 20.2 Å². The third-order valence-corrected chi connectivity index (χ3v) is 5.63. The van der Waals surface area contributed by atoms with Gasteiger partial charge in [0.05, 0.1) is 7.11 Å². The first-order valence-electron chi connectivity index (χ1n) is 7.53. The van der Waals surface area contributed by atoms with E-state index in [4.69, 9.17) is 9.47 Å². The summed E-state index contributed by atoms with van der Waals surface area (Å²) in [6.07, 6.45) is 5.56. The van der Waals surface area contributed by atoms with E-state index < -0.39 is 10.0 Å². The van der Waals surface area contributed by atoms with E-state index in [-0.39, 0.29) is 17.0 Å². The number of hydrogen-bond donors (Lipinski definition) is 0. The van der Waals surface area contributed by atoms with Gasteiger partial charge in [-0.3, -0.25) is 4.98 Å². The maximum Gasteiger partial charge on any atom is 0.319 e. The van der Waals surface area contributed by atoms with Crippen LogP contribution in [0.25, 0.3) is 0 Å². The Hall–Kier alpha value is -2.26. The van der Waals surface area contributed by atoms with E-state index in [1.54, 1.807) is 30.6 Å². The maximum atomic E-state index is 12.5. The minimum atomic E-state index is -3.50. The summed E-state index contributed by atoms with van der Waals surface area (Å²) >= 11 is 0. The molecule has 128 valence electrons. The maximum absolute atomic E-state index is 12.5. The first-order valence-corrected chi connectivity index (χ1v) is 8.97. The third kappa shape index (κ3) is 3.62. The molecule has 24 heavy (non-hydrogen) atoms. The second kappa shape index (κ2) is 7.10. The lowest BCUT2D eigenvalue weighted by Crippen LogP contribution is -2.41. The summed E-state index contributed by atoms with van der Waals surface area (Å²) in [5.41, 5.74) is 0. The largest absolute Gasteiger partial charge is 0.474 e. The summed E-state index contributed by atoms with van der Waals surface area (Å²) in [6.45, 7) is 0.786. The fraction of sp³-hybridized carbons (Fsp3) is 0.400. The predicted molar refractivity (Wildman–Crippen MR) is 85.2 cm³/mol. The summed E-state index contributed by atoms with van der Waals surface area (Å²) in [5.74, 6) is 0.426. The highest BCUT2D eigenvalue weighted by Crippen LogP contribution is 2.23. The molecule has 0 N–H and O–H groups in total. The molecule has 0 atom stereocenters. The molecule has 0 amide bonds. The molecule has 0 bridgehead atoms. The summed E-state index contributed by atoms with van der Waals surface area (Å²) in [5, 5.41) is 0. The quantitative estimate of drug-likeness (QED) is 0.797. The number of piperidine rings is 1. The van der Waals surface area contributed by atoms with Crippen LogP contribution >= 0.6 is 0 Å². The molecule has 3 heterocycles. The topological polar surface area (TPSA) is 94.5 Å². The van der Waals surface area contributed by atoms with Crippen molar-refractivity contribution in [1.29, 1.82) is 0 Å². The Morgan fingerprint density at radius 2 is 2.00 bits per heavy atom. The molecular weight excluding hydrogens is 332 g/mol. The number of sulfonamides is 1. The van der Waals surface area contributed by atoms with Gasteiger partial charge < -0.3 is 9.47 Å². The lowest BCUT2D eigenvalue weighted by molar-refractivity contribution is 0.128. The van der Waals surface area contributed by atoms with Crippen LogP contribution in [-0.2, 0) is 10.0 Å². The second-order valence-electron chi connectivity index (χ2n) is 5.29. The molecule has 0 spiro atoms. The molecule has 0 unspecified atom stereocenters. The van der Waals surface area contributed by atoms with Gasteiger partial charge in [-0.2, -0.15) is 9.29 Å². The molecule has 1 aliphatic heterocycles. The number of methoxy groups -OCH3 is 1. The highest BCUT2D eigenvalue weighted by molar-refractivity contribution is 7.89. The summed E-state index contributed by atoms with van der Waals surface area (Å²) in [7, 11) is -2.01. The molecule has 0 aliphatic carbocycles. The van der Waals surface area contributed by atoms with Crippen LogP contribution in [0.2, 0.25) is 0 Å². The molecule has 2 aromatic heterocycles. The van der Waals surface area contributed by atoms with E-state index in [1.165, 1.54) is 17.6 Å². The Kier molecular flexibility index (Phi) is 4.91. The molecule has 0 saturated carbocycles. The molecule has 1 saturated heterocycles. The van der Waals surface area contributed by atoms with E-state index in [0.717, 1.165) is 0 Å². The Labute approximate surface area is 140 Å². The minimum Gasteiger partial charge on any atom is -0.474 e. The number of hydrogen-bond acceptors (Lipinski definition) is 7. The lowest BCUT2D eigenvalue weighted by Gasteiger charge is -2.31. The van der Waals surface area contributed by atoms with Crippen molar-refractivity contribution >= 4 is 10.0 Å². The zero-order chi connectivity index (χ0) is 17.0. The van der Waals surface area contributed by atoms with E-state index >= 15 is 0 Å². The molecule has 1 fully saturated rings. The molecule has 0 radical (unpaired) electrons. The van der Waals surface area contributed by atoms with E-state index in [9.17, 15) is 8.42 Å². The van der Waals surface area contributed by atoms with Crippen LogP contribution in [0.5, 0.6) is 11.9 Å². The van der Waals surface area contributed by atoms with Crippen LogP contribution in [-0.4, -0.2) is 54.0 Å². The van der Waals surface area contributed by atoms with Crippen molar-refractivity contribution in [2.45, 2.75) is 23.8 Å². The molecule has 8 nitrogen and oxygen atoms in total. The van der Waals surface area contributed by atoms with Crippen LogP contribution in [0, 0.1) is 0 Å². The monoisotopic (exact) mass is 350 g/mol. The standard InChI is InChI=1S/C15H18N4O4S/c1-22-15-17-8-4-14(18-15)23-12-5-9-19(10-6-12)24(20,21)13-3-2-7-16-11-13/h2-4,7-8,11-12H,5-6,9-10H2,1H3. The van der Waals surface area contributed by atoms with Crippen molar-refractivity contribution in [3.8, 4) is 11.9 Å². The third-order valence-electron chi connectivity index (χ3n) is 3.75. The number of rotatable bonds is 5. The zero-order valence-corrected chi connectivity index (χ0v) is 14.0. The van der Waals surface area contributed by atoms with Crippen LogP contribution in [0.3, 0.4) is 0 Å². The van der Waals surface area contributed by atoms with Gasteiger partial charge in [-0.1, -0.05) is 0 Å². The number of pyridine rings is 1. The van der Waals surface area contributed by atoms with E-state index in [2.05, 4.69) is 15.0 Å². The van der Waals surface area contributed by atoms with Gasteiger partial charge in [0.25, 0.3) is 0 Å². The molecule has 3 rings (SSSR count). The number of aromatic nitrogens is 3. The second-order valence-corrected chi connectivity index (χ2v) is 7.23. The van der Waals surface area contributed by atoms with E-state index in [1.807, 2.05) is 0 Å². The average Bonchev–Trinajstić information content (AvgIpc) is 2.63. The first kappa shape index (κ1) is 16.6. The smallest absolute Gasteiger partial charge is 0.319 e. The Bertz CT molecular complexity index is 777. The Balaban J connectivity index is 1.61. The van der Waals surface area contributed by atoms with Crippen LogP contribution in [0.4, 0.5) is 0 Å². The van der Waals surface area contributed by atoms with Crippen molar-refractivity contribution < 1.29 is 17.9 Å². The van der Waals surface area contributed by atoms with Gasteiger partial charge in [-0.15, -0.1) is 0 Å². The average molecular weight is 350 g/mol. The van der Waals surface area contributed by atoms with Crippen LogP contribution in [0.1, 0.15) is 12.8 Å². The van der Waals surface area contributed by atoms with Crippen LogP contribution in [0.15, 0.2) is 41.7 Å². The molecule has 9 heteroatoms. The number of nitrogens with zero attached hydrogens (tertiary/aromatic N) is 4.